The summed E-state index contributed by atoms with van der Waals surface area (Å²) in [6, 6.07) is 0.322. The zero-order valence-corrected chi connectivity index (χ0v) is 9.55. The quantitative estimate of drug-likeness (QED) is 0.621. The van der Waals surface area contributed by atoms with E-state index in [9.17, 15) is 0 Å². The molecule has 0 aliphatic heterocycles. The van der Waals surface area contributed by atoms with Gasteiger partial charge in [0.05, 0.1) is 0 Å². The second kappa shape index (κ2) is 7.34. The standard InChI is InChI=1S/C11H25NO/c1-9(2)11(10(3)12)7-5-6-8-13-4/h9-11H,5-8,12H2,1-4H3. The summed E-state index contributed by atoms with van der Waals surface area (Å²) in [5.41, 5.74) is 5.92. The highest BCUT2D eigenvalue weighted by Gasteiger charge is 2.16. The van der Waals surface area contributed by atoms with Gasteiger partial charge in [0.25, 0.3) is 0 Å². The van der Waals surface area contributed by atoms with Gasteiger partial charge in [0.1, 0.15) is 0 Å². The second-order valence-electron chi connectivity index (χ2n) is 4.26. The van der Waals surface area contributed by atoms with Crippen LogP contribution in [0.2, 0.25) is 0 Å². The minimum absolute atomic E-state index is 0.322. The summed E-state index contributed by atoms with van der Waals surface area (Å²) in [6.45, 7) is 7.50. The predicted molar refractivity (Wildman–Crippen MR) is 57.7 cm³/mol. The fraction of sp³-hybridized carbons (Fsp3) is 1.00. The van der Waals surface area contributed by atoms with E-state index in [2.05, 4.69) is 20.8 Å². The van der Waals surface area contributed by atoms with Gasteiger partial charge in [0.15, 0.2) is 0 Å². The van der Waals surface area contributed by atoms with Crippen molar-refractivity contribution in [3.63, 3.8) is 0 Å². The molecule has 0 aliphatic carbocycles. The Labute approximate surface area is 82.8 Å². The highest BCUT2D eigenvalue weighted by atomic mass is 16.5. The van der Waals surface area contributed by atoms with Gasteiger partial charge in [-0.25, -0.2) is 0 Å². The summed E-state index contributed by atoms with van der Waals surface area (Å²) in [4.78, 5) is 0. The minimum Gasteiger partial charge on any atom is -0.385 e. The molecule has 0 aromatic heterocycles. The average molecular weight is 187 g/mol. The van der Waals surface area contributed by atoms with Gasteiger partial charge in [-0.05, 0) is 31.6 Å². The number of unbranched alkanes of at least 4 members (excludes halogenated alkanes) is 1. The molecule has 2 atom stereocenters. The lowest BCUT2D eigenvalue weighted by Crippen LogP contribution is -2.30. The third kappa shape index (κ3) is 6.05. The molecule has 2 heteroatoms. The number of hydrogen-bond donors (Lipinski definition) is 1. The van der Waals surface area contributed by atoms with Crippen molar-refractivity contribution in [3.8, 4) is 0 Å². The summed E-state index contributed by atoms with van der Waals surface area (Å²) in [5, 5.41) is 0. The molecular weight excluding hydrogens is 162 g/mol. The van der Waals surface area contributed by atoms with E-state index in [-0.39, 0.29) is 0 Å². The molecule has 0 saturated carbocycles. The van der Waals surface area contributed by atoms with Crippen molar-refractivity contribution in [1.82, 2.24) is 0 Å². The molecule has 0 aromatic carbocycles. The van der Waals surface area contributed by atoms with Gasteiger partial charge in [0, 0.05) is 19.8 Å². The van der Waals surface area contributed by atoms with Crippen molar-refractivity contribution < 1.29 is 4.74 Å². The van der Waals surface area contributed by atoms with E-state index in [0.717, 1.165) is 13.0 Å². The Morgan fingerprint density at radius 2 is 1.77 bits per heavy atom. The van der Waals surface area contributed by atoms with Crippen LogP contribution in [0.4, 0.5) is 0 Å². The smallest absolute Gasteiger partial charge is 0.0462 e. The number of methoxy groups -OCH3 is 1. The Kier molecular flexibility index (Phi) is 7.29. The van der Waals surface area contributed by atoms with Gasteiger partial charge in [-0.3, -0.25) is 0 Å². The van der Waals surface area contributed by atoms with E-state index in [4.69, 9.17) is 10.5 Å². The first-order chi connectivity index (χ1) is 6.09. The fourth-order valence-electron chi connectivity index (χ4n) is 1.83. The van der Waals surface area contributed by atoms with Crippen LogP contribution in [0, 0.1) is 11.8 Å². The lowest BCUT2D eigenvalue weighted by atomic mass is 9.85. The van der Waals surface area contributed by atoms with E-state index in [1.807, 2.05) is 0 Å². The third-order valence-electron chi connectivity index (χ3n) is 2.67. The molecule has 0 fully saturated rings. The number of rotatable bonds is 7. The molecule has 0 aliphatic rings. The van der Waals surface area contributed by atoms with Crippen molar-refractivity contribution in [1.29, 1.82) is 0 Å². The van der Waals surface area contributed by atoms with E-state index >= 15 is 0 Å². The van der Waals surface area contributed by atoms with Gasteiger partial charge >= 0.3 is 0 Å². The zero-order chi connectivity index (χ0) is 10.3. The first kappa shape index (κ1) is 12.9. The SMILES string of the molecule is COCCCCC(C(C)C)C(C)N. The lowest BCUT2D eigenvalue weighted by molar-refractivity contribution is 0.186. The lowest BCUT2D eigenvalue weighted by Gasteiger charge is -2.24. The molecule has 0 heterocycles. The molecule has 0 rings (SSSR count). The van der Waals surface area contributed by atoms with Gasteiger partial charge in [-0.1, -0.05) is 20.3 Å². The highest BCUT2D eigenvalue weighted by molar-refractivity contribution is 4.71. The van der Waals surface area contributed by atoms with Crippen LogP contribution in [0.1, 0.15) is 40.0 Å². The maximum Gasteiger partial charge on any atom is 0.0462 e. The molecule has 0 radical (unpaired) electrons. The molecule has 2 nitrogen and oxygen atoms in total. The maximum absolute atomic E-state index is 5.92. The second-order valence-corrected chi connectivity index (χ2v) is 4.26. The van der Waals surface area contributed by atoms with E-state index in [1.165, 1.54) is 12.8 Å². The van der Waals surface area contributed by atoms with Gasteiger partial charge in [-0.2, -0.15) is 0 Å². The topological polar surface area (TPSA) is 35.2 Å². The van der Waals surface area contributed by atoms with Crippen LogP contribution >= 0.6 is 0 Å². The summed E-state index contributed by atoms with van der Waals surface area (Å²) >= 11 is 0. The van der Waals surface area contributed by atoms with E-state index < -0.39 is 0 Å². The third-order valence-corrected chi connectivity index (χ3v) is 2.67. The van der Waals surface area contributed by atoms with Crippen LogP contribution in [-0.2, 0) is 4.74 Å². The maximum atomic E-state index is 5.92. The van der Waals surface area contributed by atoms with Crippen molar-refractivity contribution >= 4 is 0 Å². The van der Waals surface area contributed by atoms with E-state index in [1.54, 1.807) is 7.11 Å². The predicted octanol–water partition coefficient (Wildman–Crippen LogP) is 2.42. The van der Waals surface area contributed by atoms with Crippen molar-refractivity contribution in [2.24, 2.45) is 17.6 Å². The Morgan fingerprint density at radius 3 is 2.15 bits per heavy atom. The van der Waals surface area contributed by atoms with Crippen molar-refractivity contribution in [3.05, 3.63) is 0 Å². The largest absolute Gasteiger partial charge is 0.385 e. The molecule has 2 unspecified atom stereocenters. The number of nitrogens with two attached hydrogens (primary N) is 1. The summed E-state index contributed by atoms with van der Waals surface area (Å²) < 4.78 is 5.01. The van der Waals surface area contributed by atoms with Crippen molar-refractivity contribution in [2.45, 2.75) is 46.1 Å². The molecule has 0 amide bonds. The molecule has 13 heavy (non-hydrogen) atoms. The number of ether oxygens (including phenoxy) is 1. The molecule has 0 bridgehead atoms. The Hall–Kier alpha value is -0.0800. The fourth-order valence-corrected chi connectivity index (χ4v) is 1.83. The van der Waals surface area contributed by atoms with Crippen LogP contribution in [-0.4, -0.2) is 19.8 Å². The van der Waals surface area contributed by atoms with Gasteiger partial charge in [-0.15, -0.1) is 0 Å². The molecule has 0 saturated heterocycles. The van der Waals surface area contributed by atoms with Gasteiger partial charge in [0.2, 0.25) is 0 Å². The normalized spacial score (nSPS) is 16.2. The summed E-state index contributed by atoms with van der Waals surface area (Å²) in [6.07, 6.45) is 3.63. The van der Waals surface area contributed by atoms with Crippen LogP contribution in [0.5, 0.6) is 0 Å². The van der Waals surface area contributed by atoms with Crippen LogP contribution in [0.25, 0.3) is 0 Å². The molecule has 0 spiro atoms. The Balaban J connectivity index is 3.58. The van der Waals surface area contributed by atoms with E-state index in [0.29, 0.717) is 17.9 Å². The summed E-state index contributed by atoms with van der Waals surface area (Å²) in [7, 11) is 1.76. The first-order valence-electron chi connectivity index (χ1n) is 5.34. The van der Waals surface area contributed by atoms with Crippen LogP contribution < -0.4 is 5.73 Å². The molecule has 2 N–H and O–H groups in total. The Bertz CT molecular complexity index is 105. The molecular formula is C11H25NO. The molecule has 80 valence electrons. The average Bonchev–Trinajstić information content (AvgIpc) is 2.02. The van der Waals surface area contributed by atoms with Gasteiger partial charge < -0.3 is 10.5 Å². The van der Waals surface area contributed by atoms with Crippen LogP contribution in [0.15, 0.2) is 0 Å². The first-order valence-corrected chi connectivity index (χ1v) is 5.34. The zero-order valence-electron chi connectivity index (χ0n) is 9.55. The Morgan fingerprint density at radius 1 is 1.15 bits per heavy atom. The van der Waals surface area contributed by atoms with Crippen LogP contribution in [0.3, 0.4) is 0 Å². The van der Waals surface area contributed by atoms with Crippen molar-refractivity contribution in [2.75, 3.05) is 13.7 Å². The minimum atomic E-state index is 0.322. The number of hydrogen-bond acceptors (Lipinski definition) is 2. The monoisotopic (exact) mass is 187 g/mol. The molecule has 0 aromatic rings. The highest BCUT2D eigenvalue weighted by Crippen LogP contribution is 2.20. The summed E-state index contributed by atoms with van der Waals surface area (Å²) in [5.74, 6) is 1.36.